The summed E-state index contributed by atoms with van der Waals surface area (Å²) >= 11 is 0. The Bertz CT molecular complexity index is 1190. The van der Waals surface area contributed by atoms with E-state index in [-0.39, 0.29) is 12.5 Å². The van der Waals surface area contributed by atoms with E-state index < -0.39 is 0 Å². The number of ether oxygens (including phenoxy) is 1. The number of nitrogens with one attached hydrogen (secondary N) is 1. The molecule has 0 saturated heterocycles. The van der Waals surface area contributed by atoms with E-state index in [0.717, 1.165) is 27.6 Å². The van der Waals surface area contributed by atoms with E-state index in [1.807, 2.05) is 78.9 Å². The van der Waals surface area contributed by atoms with Gasteiger partial charge in [-0.2, -0.15) is 5.26 Å². The third-order valence-electron chi connectivity index (χ3n) is 4.60. The Morgan fingerprint density at radius 2 is 1.48 bits per heavy atom. The summed E-state index contributed by atoms with van der Waals surface area (Å²) in [6.07, 6.45) is 0. The van der Waals surface area contributed by atoms with Gasteiger partial charge in [0.15, 0.2) is 6.61 Å². The van der Waals surface area contributed by atoms with Crippen molar-refractivity contribution in [2.45, 2.75) is 0 Å². The highest BCUT2D eigenvalue weighted by Gasteiger charge is 2.05. The highest BCUT2D eigenvalue weighted by Crippen LogP contribution is 2.23. The molecule has 0 aliphatic heterocycles. The molecular formula is C25H18N2O2. The van der Waals surface area contributed by atoms with Crippen LogP contribution in [0.4, 0.5) is 5.69 Å². The lowest BCUT2D eigenvalue weighted by Crippen LogP contribution is -2.20. The molecule has 4 heteroatoms. The molecule has 4 aromatic carbocycles. The molecule has 0 aliphatic rings. The van der Waals surface area contributed by atoms with Crippen LogP contribution in [0.25, 0.3) is 21.9 Å². The number of anilines is 1. The van der Waals surface area contributed by atoms with Gasteiger partial charge in [0.05, 0.1) is 11.6 Å². The Kier molecular flexibility index (Phi) is 5.22. The normalized spacial score (nSPS) is 10.3. The first-order valence-corrected chi connectivity index (χ1v) is 9.23. The summed E-state index contributed by atoms with van der Waals surface area (Å²) in [7, 11) is 0. The van der Waals surface area contributed by atoms with Gasteiger partial charge in [-0.25, -0.2) is 0 Å². The van der Waals surface area contributed by atoms with Crippen molar-refractivity contribution < 1.29 is 9.53 Å². The molecule has 0 radical (unpaired) electrons. The van der Waals surface area contributed by atoms with Crippen LogP contribution in [-0.4, -0.2) is 12.5 Å². The zero-order valence-corrected chi connectivity index (χ0v) is 15.6. The van der Waals surface area contributed by atoms with E-state index in [1.165, 1.54) is 0 Å². The average molecular weight is 378 g/mol. The number of nitrogens with zero attached hydrogens (tertiary/aromatic N) is 1. The molecule has 4 rings (SSSR count). The van der Waals surface area contributed by atoms with Crippen molar-refractivity contribution in [2.75, 3.05) is 11.9 Å². The summed E-state index contributed by atoms with van der Waals surface area (Å²) in [5.41, 5.74) is 3.41. The zero-order chi connectivity index (χ0) is 20.1. The minimum atomic E-state index is -0.212. The standard InChI is InChI=1S/C25H18N2O2/c26-16-18-5-7-20(8-6-18)21-10-13-24(14-11-21)29-17-25(28)27-23-12-9-19-3-1-2-4-22(19)15-23/h1-15H,17H2,(H,27,28). The second-order valence-corrected chi connectivity index (χ2v) is 6.61. The van der Waals surface area contributed by atoms with Crippen LogP contribution in [0.1, 0.15) is 5.56 Å². The molecular weight excluding hydrogens is 360 g/mol. The monoisotopic (exact) mass is 378 g/mol. The van der Waals surface area contributed by atoms with Crippen LogP contribution in [-0.2, 0) is 4.79 Å². The fraction of sp³-hybridized carbons (Fsp3) is 0.0400. The van der Waals surface area contributed by atoms with Gasteiger partial charge in [-0.15, -0.1) is 0 Å². The summed E-state index contributed by atoms with van der Waals surface area (Å²) in [6, 6.07) is 30.8. The smallest absolute Gasteiger partial charge is 0.262 e. The Morgan fingerprint density at radius 3 is 2.17 bits per heavy atom. The first-order chi connectivity index (χ1) is 14.2. The highest BCUT2D eigenvalue weighted by molar-refractivity contribution is 5.95. The van der Waals surface area contributed by atoms with E-state index in [0.29, 0.717) is 11.3 Å². The number of nitriles is 1. The Morgan fingerprint density at radius 1 is 0.828 bits per heavy atom. The number of rotatable bonds is 5. The van der Waals surface area contributed by atoms with Crippen LogP contribution in [0.5, 0.6) is 5.75 Å². The summed E-state index contributed by atoms with van der Waals surface area (Å²) in [4.78, 5) is 12.2. The average Bonchev–Trinajstić information content (AvgIpc) is 2.78. The molecule has 29 heavy (non-hydrogen) atoms. The Labute approximate surface area is 169 Å². The molecule has 0 bridgehead atoms. The molecule has 0 unspecified atom stereocenters. The molecule has 0 fully saturated rings. The van der Waals surface area contributed by atoms with E-state index >= 15 is 0 Å². The zero-order valence-electron chi connectivity index (χ0n) is 15.6. The fourth-order valence-corrected chi connectivity index (χ4v) is 3.09. The minimum Gasteiger partial charge on any atom is -0.484 e. The first kappa shape index (κ1) is 18.3. The maximum Gasteiger partial charge on any atom is 0.262 e. The van der Waals surface area contributed by atoms with Crippen LogP contribution in [0.3, 0.4) is 0 Å². The third-order valence-corrected chi connectivity index (χ3v) is 4.60. The molecule has 1 N–H and O–H groups in total. The van der Waals surface area contributed by atoms with Gasteiger partial charge in [0.1, 0.15) is 5.75 Å². The van der Waals surface area contributed by atoms with E-state index in [1.54, 1.807) is 12.1 Å². The third kappa shape index (κ3) is 4.42. The van der Waals surface area contributed by atoms with Crippen molar-refractivity contribution in [1.82, 2.24) is 0 Å². The second-order valence-electron chi connectivity index (χ2n) is 6.61. The summed E-state index contributed by atoms with van der Waals surface area (Å²) < 4.78 is 5.60. The molecule has 0 aromatic heterocycles. The van der Waals surface area contributed by atoms with Crippen LogP contribution >= 0.6 is 0 Å². The maximum absolute atomic E-state index is 12.2. The van der Waals surface area contributed by atoms with Crippen molar-refractivity contribution in [3.63, 3.8) is 0 Å². The van der Waals surface area contributed by atoms with E-state index in [9.17, 15) is 4.79 Å². The molecule has 0 atom stereocenters. The lowest BCUT2D eigenvalue weighted by molar-refractivity contribution is -0.118. The number of fused-ring (bicyclic) bond motifs is 1. The molecule has 0 aliphatic carbocycles. The highest BCUT2D eigenvalue weighted by atomic mass is 16.5. The lowest BCUT2D eigenvalue weighted by atomic mass is 10.0. The molecule has 0 saturated carbocycles. The first-order valence-electron chi connectivity index (χ1n) is 9.23. The summed E-state index contributed by atoms with van der Waals surface area (Å²) in [5, 5.41) is 13.9. The largest absolute Gasteiger partial charge is 0.484 e. The maximum atomic E-state index is 12.2. The van der Waals surface area contributed by atoms with Gasteiger partial charge in [-0.3, -0.25) is 4.79 Å². The van der Waals surface area contributed by atoms with Gasteiger partial charge >= 0.3 is 0 Å². The van der Waals surface area contributed by atoms with Crippen molar-refractivity contribution >= 4 is 22.4 Å². The molecule has 4 aromatic rings. The number of carbonyl (C=O) groups is 1. The molecule has 0 spiro atoms. The molecule has 140 valence electrons. The van der Waals surface area contributed by atoms with Gasteiger partial charge in [0.2, 0.25) is 0 Å². The quantitative estimate of drug-likeness (QED) is 0.506. The second kappa shape index (κ2) is 8.28. The topological polar surface area (TPSA) is 62.1 Å². The van der Waals surface area contributed by atoms with Crippen LogP contribution in [0.15, 0.2) is 91.0 Å². The van der Waals surface area contributed by atoms with Crippen LogP contribution in [0, 0.1) is 11.3 Å². The van der Waals surface area contributed by atoms with E-state index in [2.05, 4.69) is 11.4 Å². The number of benzene rings is 4. The number of amides is 1. The van der Waals surface area contributed by atoms with Crippen molar-refractivity contribution in [1.29, 1.82) is 5.26 Å². The lowest BCUT2D eigenvalue weighted by Gasteiger charge is -2.09. The number of hydrogen-bond acceptors (Lipinski definition) is 3. The van der Waals surface area contributed by atoms with Crippen molar-refractivity contribution in [3.8, 4) is 22.9 Å². The molecule has 0 heterocycles. The van der Waals surface area contributed by atoms with Crippen molar-refractivity contribution in [2.24, 2.45) is 0 Å². The summed E-state index contributed by atoms with van der Waals surface area (Å²) in [5.74, 6) is 0.410. The molecule has 1 amide bonds. The van der Waals surface area contributed by atoms with Gasteiger partial charge < -0.3 is 10.1 Å². The van der Waals surface area contributed by atoms with E-state index in [4.69, 9.17) is 10.00 Å². The Balaban J connectivity index is 1.35. The van der Waals surface area contributed by atoms with Gasteiger partial charge in [0.25, 0.3) is 5.91 Å². The SMILES string of the molecule is N#Cc1ccc(-c2ccc(OCC(=O)Nc3ccc4ccccc4c3)cc2)cc1. The minimum absolute atomic E-state index is 0.0664. The predicted octanol–water partition coefficient (Wildman–Crippen LogP) is 5.40. The van der Waals surface area contributed by atoms with Crippen LogP contribution in [0.2, 0.25) is 0 Å². The molecule has 4 nitrogen and oxygen atoms in total. The predicted molar refractivity (Wildman–Crippen MR) is 115 cm³/mol. The summed E-state index contributed by atoms with van der Waals surface area (Å²) in [6.45, 7) is -0.0664. The fourth-order valence-electron chi connectivity index (χ4n) is 3.09. The van der Waals surface area contributed by atoms with Gasteiger partial charge in [-0.1, -0.05) is 54.6 Å². The number of carbonyl (C=O) groups excluding carboxylic acids is 1. The van der Waals surface area contributed by atoms with Crippen molar-refractivity contribution in [3.05, 3.63) is 96.6 Å². The van der Waals surface area contributed by atoms with Crippen LogP contribution < -0.4 is 10.1 Å². The number of hydrogen-bond donors (Lipinski definition) is 1. The Hall–Kier alpha value is -4.10. The van der Waals surface area contributed by atoms with Gasteiger partial charge in [-0.05, 0) is 58.3 Å². The van der Waals surface area contributed by atoms with Gasteiger partial charge in [0, 0.05) is 5.69 Å².